The molecule has 57 heavy (non-hydrogen) atoms. The maximum Gasteiger partial charge on any atom is 0.407 e. The Morgan fingerprint density at radius 2 is 1.35 bits per heavy atom. The van der Waals surface area contributed by atoms with E-state index >= 15 is 0 Å². The van der Waals surface area contributed by atoms with Gasteiger partial charge in [0.1, 0.15) is 23.7 Å². The molecule has 4 heterocycles. The van der Waals surface area contributed by atoms with Gasteiger partial charge in [-0.05, 0) is 36.5 Å². The average molecular weight is 769 g/mol. The van der Waals surface area contributed by atoms with Crippen LogP contribution in [-0.2, 0) is 14.3 Å². The normalized spacial score (nSPS) is 15.3. The molecule has 0 unspecified atom stereocenters. The molecule has 6 aromatic rings. The Kier molecular flexibility index (Phi) is 11.3. The van der Waals surface area contributed by atoms with Gasteiger partial charge >= 0.3 is 12.2 Å². The molecule has 0 saturated carbocycles. The van der Waals surface area contributed by atoms with Crippen molar-refractivity contribution >= 4 is 24.0 Å². The highest BCUT2D eigenvalue weighted by molar-refractivity contribution is 5.88. The summed E-state index contributed by atoms with van der Waals surface area (Å²) in [5.41, 5.74) is 4.97. The van der Waals surface area contributed by atoms with E-state index in [1.165, 1.54) is 7.11 Å². The number of H-pyrrole nitrogens is 2. The largest absolute Gasteiger partial charge is 0.465 e. The number of hydrogen-bond donors (Lipinski definition) is 6. The molecule has 0 spiro atoms. The third-order valence-corrected chi connectivity index (χ3v) is 9.72. The molecule has 290 valence electrons. The van der Waals surface area contributed by atoms with Crippen LogP contribution in [0.15, 0.2) is 110 Å². The second kappa shape index (κ2) is 17.0. The molecule has 3 aromatic carbocycles. The van der Waals surface area contributed by atoms with Gasteiger partial charge in [0.05, 0.1) is 43.0 Å². The lowest BCUT2D eigenvalue weighted by Gasteiger charge is -2.28. The van der Waals surface area contributed by atoms with E-state index in [9.17, 15) is 24.3 Å². The molecule has 1 saturated heterocycles. The summed E-state index contributed by atoms with van der Waals surface area (Å²) in [7, 11) is 1.24. The first-order valence-electron chi connectivity index (χ1n) is 18.3. The van der Waals surface area contributed by atoms with Crippen LogP contribution in [0.4, 0.5) is 9.59 Å². The van der Waals surface area contributed by atoms with Crippen molar-refractivity contribution in [3.63, 3.8) is 0 Å². The van der Waals surface area contributed by atoms with Gasteiger partial charge < -0.3 is 40.7 Å². The van der Waals surface area contributed by atoms with E-state index in [1.807, 2.05) is 36.4 Å². The van der Waals surface area contributed by atoms with Gasteiger partial charge in [-0.2, -0.15) is 0 Å². The zero-order chi connectivity index (χ0) is 39.9. The summed E-state index contributed by atoms with van der Waals surface area (Å²) < 4.78 is 4.72. The number of rotatable bonds is 12. The van der Waals surface area contributed by atoms with E-state index in [-0.39, 0.29) is 11.9 Å². The maximum absolute atomic E-state index is 13.7. The fourth-order valence-corrected chi connectivity index (χ4v) is 6.80. The molecule has 6 N–H and O–H groups in total. The number of carboxylic acid groups (broad SMARTS) is 1. The summed E-state index contributed by atoms with van der Waals surface area (Å²) in [6, 6.07) is 22.5. The van der Waals surface area contributed by atoms with Crippen LogP contribution in [0, 0.1) is 0 Å². The summed E-state index contributed by atoms with van der Waals surface area (Å²) in [6.45, 7) is 2.27. The maximum atomic E-state index is 13.7. The number of ether oxygens (including phenoxy) is 1. The highest BCUT2D eigenvalue weighted by Crippen LogP contribution is 2.34. The van der Waals surface area contributed by atoms with Gasteiger partial charge in [-0.25, -0.2) is 29.5 Å². The number of aromatic amines is 2. The Bertz CT molecular complexity index is 2330. The van der Waals surface area contributed by atoms with Crippen molar-refractivity contribution in [2.45, 2.75) is 43.9 Å². The van der Waals surface area contributed by atoms with Gasteiger partial charge in [0, 0.05) is 30.1 Å². The molecular formula is C41H40N10O6. The Morgan fingerprint density at radius 1 is 0.737 bits per heavy atom. The number of amides is 4. The van der Waals surface area contributed by atoms with Gasteiger partial charge in [-0.3, -0.25) is 9.59 Å². The molecule has 0 aliphatic carbocycles. The van der Waals surface area contributed by atoms with Crippen molar-refractivity contribution in [1.82, 2.24) is 50.8 Å². The fourth-order valence-electron chi connectivity index (χ4n) is 6.80. The molecule has 4 amide bonds. The lowest BCUT2D eigenvalue weighted by Crippen LogP contribution is -2.42. The molecule has 1 fully saturated rings. The third-order valence-electron chi connectivity index (χ3n) is 9.72. The zero-order valence-corrected chi connectivity index (χ0v) is 31.0. The topological polar surface area (TPSA) is 220 Å². The summed E-state index contributed by atoms with van der Waals surface area (Å²) in [4.78, 5) is 77.0. The van der Waals surface area contributed by atoms with Crippen LogP contribution in [-0.4, -0.2) is 77.6 Å². The van der Waals surface area contributed by atoms with Crippen LogP contribution in [0.3, 0.4) is 0 Å². The number of nitrogens with one attached hydrogen (secondary N) is 5. The van der Waals surface area contributed by atoms with Gasteiger partial charge in [0.15, 0.2) is 5.82 Å². The molecule has 1 aliphatic heterocycles. The molecular weight excluding hydrogens is 729 g/mol. The lowest BCUT2D eigenvalue weighted by atomic mass is 10.1. The quantitative estimate of drug-likeness (QED) is 0.0869. The number of methoxy groups -OCH3 is 1. The van der Waals surface area contributed by atoms with E-state index < -0.39 is 36.2 Å². The number of carbonyl (C=O) groups excluding carboxylic acids is 3. The van der Waals surface area contributed by atoms with E-state index in [0.29, 0.717) is 52.8 Å². The minimum absolute atomic E-state index is 0.335. The number of nitrogens with zero attached hydrogens (tertiary/aromatic N) is 5. The molecule has 7 rings (SSSR count). The molecule has 3 aromatic heterocycles. The smallest absolute Gasteiger partial charge is 0.407 e. The first kappa shape index (κ1) is 37.9. The fraction of sp³-hybridized carbons (Fsp3) is 0.220. The second-order valence-corrected chi connectivity index (χ2v) is 13.4. The van der Waals surface area contributed by atoms with Crippen molar-refractivity contribution in [1.29, 1.82) is 0 Å². The van der Waals surface area contributed by atoms with Crippen molar-refractivity contribution in [2.24, 2.45) is 0 Å². The van der Waals surface area contributed by atoms with Crippen LogP contribution < -0.4 is 16.0 Å². The molecule has 1 aliphatic rings. The van der Waals surface area contributed by atoms with E-state index in [4.69, 9.17) is 4.74 Å². The Labute approximate surface area is 327 Å². The molecule has 0 radical (unpaired) electrons. The number of imidazole rings is 2. The van der Waals surface area contributed by atoms with Crippen LogP contribution in [0.25, 0.3) is 33.9 Å². The Morgan fingerprint density at radius 3 is 2.00 bits per heavy atom. The third kappa shape index (κ3) is 8.64. The summed E-state index contributed by atoms with van der Waals surface area (Å²) in [5, 5.41) is 17.3. The lowest BCUT2D eigenvalue weighted by molar-refractivity contribution is -0.134. The average Bonchev–Trinajstić information content (AvgIpc) is 4.04. The van der Waals surface area contributed by atoms with Crippen molar-refractivity contribution in [3.8, 4) is 33.9 Å². The SMILES string of the molecule is COC(=O)N[C@@H](C(=O)N[C@@H](C)c1ncc(-c2ccc(-c3ncc(-c4cnc([C@@H]5CCCN5C(=O)[C@H](NC(=O)O)c5ccccc5)[nH]4)cn3)cc2)[nH]1)c1ccccc1. The number of likely N-dealkylation sites (tertiary alicyclic amines) is 1. The molecule has 16 heteroatoms. The first-order valence-corrected chi connectivity index (χ1v) is 18.3. The van der Waals surface area contributed by atoms with Crippen LogP contribution >= 0.6 is 0 Å². The standard InChI is InChI=1S/C41H40N10O6/c1-24(46-38(52)33(50-41(56)57-2)26-10-5-3-6-11-26)35-44-22-30(47-35)25-15-17-28(18-16-25)36-42-20-29(21-43-36)31-23-45-37(48-31)32-14-9-19-51(32)39(53)34(49-40(54)55)27-12-7-4-8-13-27/h3-8,10-13,15-18,20-24,32-34,49H,9,14,19H2,1-2H3,(H,44,47)(H,45,48)(H,46,52)(H,50,56)(H,54,55)/t24-,32-,33+,34+/m0/s1. The molecule has 0 bridgehead atoms. The van der Waals surface area contributed by atoms with Crippen molar-refractivity contribution in [2.75, 3.05) is 13.7 Å². The predicted molar refractivity (Wildman–Crippen MR) is 208 cm³/mol. The summed E-state index contributed by atoms with van der Waals surface area (Å²) in [5.74, 6) is 0.899. The van der Waals surface area contributed by atoms with E-state index in [2.05, 4.69) is 45.9 Å². The summed E-state index contributed by atoms with van der Waals surface area (Å²) in [6.07, 6.45) is 6.20. The van der Waals surface area contributed by atoms with Gasteiger partial charge in [0.25, 0.3) is 5.91 Å². The van der Waals surface area contributed by atoms with Gasteiger partial charge in [0.2, 0.25) is 5.91 Å². The molecule has 4 atom stereocenters. The number of alkyl carbamates (subject to hydrolysis) is 1. The first-order chi connectivity index (χ1) is 27.7. The molecule has 16 nitrogen and oxygen atoms in total. The summed E-state index contributed by atoms with van der Waals surface area (Å²) >= 11 is 0. The highest BCUT2D eigenvalue weighted by atomic mass is 16.5. The Balaban J connectivity index is 0.990. The minimum Gasteiger partial charge on any atom is -0.465 e. The van der Waals surface area contributed by atoms with Crippen molar-refractivity contribution < 1.29 is 29.0 Å². The highest BCUT2D eigenvalue weighted by Gasteiger charge is 2.37. The Hall–Kier alpha value is -7.36. The monoisotopic (exact) mass is 768 g/mol. The van der Waals surface area contributed by atoms with Crippen molar-refractivity contribution in [3.05, 3.63) is 132 Å². The van der Waals surface area contributed by atoms with E-state index in [0.717, 1.165) is 23.2 Å². The van der Waals surface area contributed by atoms with Crippen LogP contribution in [0.5, 0.6) is 0 Å². The minimum atomic E-state index is -1.28. The van der Waals surface area contributed by atoms with Crippen LogP contribution in [0.2, 0.25) is 0 Å². The second-order valence-electron chi connectivity index (χ2n) is 13.4. The van der Waals surface area contributed by atoms with Crippen LogP contribution in [0.1, 0.15) is 66.7 Å². The number of aromatic nitrogens is 6. The van der Waals surface area contributed by atoms with Gasteiger partial charge in [-0.1, -0.05) is 84.9 Å². The van der Waals surface area contributed by atoms with Gasteiger partial charge in [-0.15, -0.1) is 0 Å². The number of benzene rings is 3. The number of carbonyl (C=O) groups is 4. The number of hydrogen-bond acceptors (Lipinski definition) is 9. The van der Waals surface area contributed by atoms with E-state index in [1.54, 1.807) is 85.1 Å². The zero-order valence-electron chi connectivity index (χ0n) is 31.0. The predicted octanol–water partition coefficient (Wildman–Crippen LogP) is 5.87.